The van der Waals surface area contributed by atoms with Crippen molar-refractivity contribution in [3.8, 4) is 22.5 Å². The summed E-state index contributed by atoms with van der Waals surface area (Å²) in [6, 6.07) is 6.83. The molecule has 8 rings (SSSR count). The number of fused-ring (bicyclic) bond motifs is 7. The van der Waals surface area contributed by atoms with Gasteiger partial charge in [0.1, 0.15) is 18.1 Å². The number of likely N-dealkylation sites (N-methyl/N-ethyl adjacent to an activating group) is 1. The summed E-state index contributed by atoms with van der Waals surface area (Å²) < 4.78 is 20.2. The number of aryl methyl sites for hydroxylation is 1. The molecule has 3 saturated heterocycles. The number of benzene rings is 1. The van der Waals surface area contributed by atoms with Crippen LogP contribution >= 0.6 is 11.3 Å². The molecule has 3 aromatic heterocycles. The van der Waals surface area contributed by atoms with Crippen molar-refractivity contribution in [3.05, 3.63) is 70.8 Å². The predicted octanol–water partition coefficient (Wildman–Crippen LogP) is 5.77. The highest BCUT2D eigenvalue weighted by atomic mass is 32.1. The number of morpholine rings is 1. The average molecular weight is 966 g/mol. The third-order valence-corrected chi connectivity index (χ3v) is 15.0. The number of aromatic nitrogens is 3. The first-order valence-corrected chi connectivity index (χ1v) is 25.1. The van der Waals surface area contributed by atoms with Crippen LogP contribution in [0.3, 0.4) is 0 Å². The number of urea groups is 1. The van der Waals surface area contributed by atoms with E-state index in [1.807, 2.05) is 32.2 Å². The van der Waals surface area contributed by atoms with Crippen LogP contribution in [-0.2, 0) is 52.8 Å². The lowest BCUT2D eigenvalue weighted by atomic mass is 9.84. The highest BCUT2D eigenvalue weighted by molar-refractivity contribution is 7.10. The van der Waals surface area contributed by atoms with Gasteiger partial charge >= 0.3 is 12.0 Å². The smallest absolute Gasteiger partial charge is 0.324 e. The summed E-state index contributed by atoms with van der Waals surface area (Å²) in [5, 5.41) is 8.11. The number of cyclic esters (lactones) is 1. The summed E-state index contributed by atoms with van der Waals surface area (Å²) in [5.74, 6) is -1.96. The molecule has 5 amide bonds. The lowest BCUT2D eigenvalue weighted by Gasteiger charge is -2.47. The fraction of sp³-hybridized carbons (Fsp3) is 0.549. The lowest BCUT2D eigenvalue weighted by Crippen LogP contribution is -2.65. The molecule has 18 heteroatoms. The van der Waals surface area contributed by atoms with E-state index in [1.54, 1.807) is 30.2 Å². The van der Waals surface area contributed by atoms with Crippen molar-refractivity contribution in [2.75, 3.05) is 53.6 Å². The second-order valence-electron chi connectivity index (χ2n) is 19.8. The number of carbonyl (C=O) groups is 5. The average Bonchev–Trinajstić information content (AvgIpc) is 3.95. The largest absolute Gasteiger partial charge is 0.464 e. The number of methoxy groups -OCH3 is 1. The Kier molecular flexibility index (Phi) is 14.9. The number of piperidine rings is 1. The molecule has 0 aliphatic carbocycles. The first kappa shape index (κ1) is 49.7. The van der Waals surface area contributed by atoms with Gasteiger partial charge in [0, 0.05) is 92.3 Å². The van der Waals surface area contributed by atoms with Crippen LogP contribution in [0.15, 0.2) is 54.6 Å². The summed E-state index contributed by atoms with van der Waals surface area (Å²) in [6.45, 7) is 18.3. The van der Waals surface area contributed by atoms with Crippen LogP contribution in [0.1, 0.15) is 83.2 Å². The Bertz CT molecular complexity index is 2590. The SMILES string of the molecule is C=CC(=O)N1CCO[C@@H]2CCN(C(=O)N(C)[C@H](C(=O)N[C@H]3Cc4nc(cs4)-c4ccc5c(c4)c(c(-c4cccnc4[C@H](C)OC)n5CC)CC(C)(C)COC(=O)[C@@H]4CCCN(N4)C3=O)C(C)C)CC21. The monoisotopic (exact) mass is 965 g/mol. The van der Waals surface area contributed by atoms with Gasteiger partial charge in [-0.25, -0.2) is 15.2 Å². The van der Waals surface area contributed by atoms with Crippen molar-refractivity contribution >= 4 is 52.0 Å². The molecule has 0 saturated carbocycles. The number of ether oxygens (including phenoxy) is 3. The third-order valence-electron chi connectivity index (χ3n) is 14.1. The number of esters is 1. The van der Waals surface area contributed by atoms with Crippen molar-refractivity contribution in [1.29, 1.82) is 0 Å². The van der Waals surface area contributed by atoms with E-state index in [-0.39, 0.29) is 55.7 Å². The van der Waals surface area contributed by atoms with Crippen LogP contribution in [-0.4, -0.2) is 148 Å². The number of carbonyl (C=O) groups excluding carboxylic acids is 5. The zero-order valence-electron chi connectivity index (χ0n) is 41.2. The highest BCUT2D eigenvalue weighted by Crippen LogP contribution is 2.42. The molecule has 3 fully saturated rings. The van der Waals surface area contributed by atoms with Gasteiger partial charge in [-0.3, -0.25) is 29.2 Å². The molecular weight excluding hydrogens is 899 g/mol. The Morgan fingerprint density at radius 3 is 2.67 bits per heavy atom. The van der Waals surface area contributed by atoms with E-state index < -0.39 is 41.3 Å². The van der Waals surface area contributed by atoms with Gasteiger partial charge in [0.2, 0.25) is 11.8 Å². The number of nitrogens with zero attached hydrogens (tertiary/aromatic N) is 7. The van der Waals surface area contributed by atoms with Crippen LogP contribution in [0.4, 0.5) is 4.79 Å². The van der Waals surface area contributed by atoms with Gasteiger partial charge in [-0.2, -0.15) is 0 Å². The van der Waals surface area contributed by atoms with Crippen molar-refractivity contribution in [2.45, 2.75) is 117 Å². The highest BCUT2D eigenvalue weighted by Gasteiger charge is 2.43. The summed E-state index contributed by atoms with van der Waals surface area (Å²) in [5.41, 5.74) is 9.23. The minimum absolute atomic E-state index is 0.0624. The Balaban J connectivity index is 1.13. The van der Waals surface area contributed by atoms with Crippen molar-refractivity contribution in [1.82, 2.24) is 45.0 Å². The molecule has 4 aromatic rings. The Morgan fingerprint density at radius 1 is 1.13 bits per heavy atom. The second kappa shape index (κ2) is 20.7. The van der Waals surface area contributed by atoms with Crippen LogP contribution in [0.5, 0.6) is 0 Å². The van der Waals surface area contributed by atoms with E-state index in [0.29, 0.717) is 63.5 Å². The van der Waals surface area contributed by atoms with Gasteiger partial charge in [0.25, 0.3) is 5.91 Å². The van der Waals surface area contributed by atoms with E-state index in [2.05, 4.69) is 66.9 Å². The number of amides is 5. The molecule has 2 N–H and O–H groups in total. The summed E-state index contributed by atoms with van der Waals surface area (Å²) in [7, 11) is 3.28. The van der Waals surface area contributed by atoms with E-state index >= 15 is 0 Å². The molecule has 0 radical (unpaired) electrons. The number of nitrogens with one attached hydrogen (secondary N) is 2. The first-order valence-electron chi connectivity index (χ1n) is 24.2. The zero-order valence-corrected chi connectivity index (χ0v) is 42.0. The van der Waals surface area contributed by atoms with Crippen molar-refractivity contribution in [2.24, 2.45) is 11.3 Å². The topological polar surface area (TPSA) is 181 Å². The molecular formula is C51H67N9O8S. The predicted molar refractivity (Wildman–Crippen MR) is 263 cm³/mol. The number of hydrazine groups is 1. The molecule has 1 aromatic carbocycles. The Hall–Kier alpha value is -5.69. The standard InChI is InChI=1S/C51H67N9O8S/c1-10-43(61)59-22-23-67-41-18-21-57(27-40(41)59)50(65)56(8)45(30(3)4)47(62)54-37-25-42-53-38(28-69-42)32-16-17-39-34(24-32)35(46(58(39)11-2)33-14-12-19-52-44(33)31(5)66-9)26-51(6,7)29-68-49(64)36-15-13-20-60(55-36)48(37)63/h10,12,14,16-17,19,24,28,30-31,36-37,40-41,45,55H,1,11,13,15,18,20-23,25-27,29H2,2-9H3,(H,54,62)/t31-,36-,37-,40?,41+,45-/m0/s1. The van der Waals surface area contributed by atoms with Crippen LogP contribution < -0.4 is 10.7 Å². The molecule has 0 spiro atoms. The van der Waals surface area contributed by atoms with E-state index in [9.17, 15) is 24.0 Å². The summed E-state index contributed by atoms with van der Waals surface area (Å²) in [4.78, 5) is 85.1. The molecule has 1 unspecified atom stereocenters. The second-order valence-corrected chi connectivity index (χ2v) is 20.7. The van der Waals surface area contributed by atoms with Gasteiger partial charge in [-0.1, -0.05) is 40.3 Å². The minimum atomic E-state index is -1.10. The number of hydrogen-bond acceptors (Lipinski definition) is 12. The van der Waals surface area contributed by atoms with Crippen LogP contribution in [0.25, 0.3) is 33.4 Å². The van der Waals surface area contributed by atoms with Gasteiger partial charge in [0.15, 0.2) is 0 Å². The van der Waals surface area contributed by atoms with Crippen LogP contribution in [0.2, 0.25) is 0 Å². The van der Waals surface area contributed by atoms with Gasteiger partial charge in [0.05, 0.1) is 53.6 Å². The fourth-order valence-corrected chi connectivity index (χ4v) is 11.4. The van der Waals surface area contributed by atoms with Crippen LogP contribution in [0, 0.1) is 11.3 Å². The summed E-state index contributed by atoms with van der Waals surface area (Å²) in [6.07, 6.45) is 4.76. The van der Waals surface area contributed by atoms with E-state index in [0.717, 1.165) is 44.7 Å². The third kappa shape index (κ3) is 10.2. The lowest BCUT2D eigenvalue weighted by molar-refractivity contribution is -0.155. The molecule has 4 aliphatic rings. The quantitative estimate of drug-likeness (QED) is 0.154. The molecule has 6 atom stereocenters. The van der Waals surface area contributed by atoms with Crippen molar-refractivity contribution in [3.63, 3.8) is 0 Å². The Labute approximate surface area is 408 Å². The number of thiazole rings is 1. The molecule has 69 heavy (non-hydrogen) atoms. The molecule has 17 nitrogen and oxygen atoms in total. The number of likely N-dealkylation sites (tertiary alicyclic amines) is 1. The molecule has 4 aliphatic heterocycles. The maximum atomic E-state index is 14.7. The molecule has 370 valence electrons. The fourth-order valence-electron chi connectivity index (χ4n) is 10.5. The van der Waals surface area contributed by atoms with Gasteiger partial charge in [-0.05, 0) is 81.4 Å². The van der Waals surface area contributed by atoms with Gasteiger partial charge in [-0.15, -0.1) is 11.3 Å². The zero-order chi connectivity index (χ0) is 49.3. The first-order chi connectivity index (χ1) is 33.0. The normalized spacial score (nSPS) is 22.9. The number of pyridine rings is 1. The number of hydrogen-bond donors (Lipinski definition) is 2. The number of rotatable bonds is 9. The molecule has 7 heterocycles. The molecule has 6 bridgehead atoms. The van der Waals surface area contributed by atoms with E-state index in [4.69, 9.17) is 24.2 Å². The van der Waals surface area contributed by atoms with E-state index in [1.165, 1.54) is 27.3 Å². The van der Waals surface area contributed by atoms with Gasteiger partial charge < -0.3 is 38.8 Å². The minimum Gasteiger partial charge on any atom is -0.464 e. The maximum Gasteiger partial charge on any atom is 0.324 e. The summed E-state index contributed by atoms with van der Waals surface area (Å²) >= 11 is 1.40. The van der Waals surface area contributed by atoms with Crippen molar-refractivity contribution < 1.29 is 38.2 Å². The maximum absolute atomic E-state index is 14.7. The Morgan fingerprint density at radius 2 is 1.93 bits per heavy atom.